The minimum absolute atomic E-state index is 0.456. The molecule has 1 atom stereocenters. The summed E-state index contributed by atoms with van der Waals surface area (Å²) in [5, 5.41) is 6.02. The summed E-state index contributed by atoms with van der Waals surface area (Å²) < 4.78 is 5.52. The third kappa shape index (κ3) is 5.59. The van der Waals surface area contributed by atoms with Crippen molar-refractivity contribution in [1.29, 1.82) is 0 Å². The lowest BCUT2D eigenvalue weighted by molar-refractivity contribution is 0.414. The van der Waals surface area contributed by atoms with Crippen molar-refractivity contribution >= 4 is 38.3 Å². The van der Waals surface area contributed by atoms with Crippen molar-refractivity contribution in [3.63, 3.8) is 0 Å². The highest BCUT2D eigenvalue weighted by Gasteiger charge is 2.32. The fraction of sp³-hybridized carbons (Fsp3) is 0.0909. The monoisotopic (exact) mass is 500 g/mol. The van der Waals surface area contributed by atoms with Crippen LogP contribution in [0.25, 0.3) is 0 Å². The van der Waals surface area contributed by atoms with E-state index in [1.165, 1.54) is 32.4 Å². The largest absolute Gasteiger partial charge is 0.497 e. The lowest BCUT2D eigenvalue weighted by Crippen LogP contribution is -2.51. The normalized spacial score (nSPS) is 12.0. The number of rotatable bonds is 9. The van der Waals surface area contributed by atoms with E-state index in [2.05, 4.69) is 146 Å². The molecule has 178 valence electrons. The van der Waals surface area contributed by atoms with Crippen LogP contribution in [0.2, 0.25) is 6.04 Å². The molecule has 0 heterocycles. The molecule has 3 heteroatoms. The highest BCUT2D eigenvalue weighted by Crippen LogP contribution is 2.27. The van der Waals surface area contributed by atoms with E-state index in [1.54, 1.807) is 7.11 Å². The van der Waals surface area contributed by atoms with Crippen LogP contribution in [0.1, 0.15) is 11.1 Å². The zero-order valence-electron chi connectivity index (χ0n) is 20.7. The second-order valence-corrected chi connectivity index (χ2v) is 15.3. The molecule has 36 heavy (non-hydrogen) atoms. The van der Waals surface area contributed by atoms with Crippen molar-refractivity contribution in [2.75, 3.05) is 7.11 Å². The zero-order valence-corrected chi connectivity index (χ0v) is 23.0. The minimum Gasteiger partial charge on any atom is -0.497 e. The maximum Gasteiger partial charge on any atom is 0.118 e. The Morgan fingerprint density at radius 3 is 1.28 bits per heavy atom. The maximum atomic E-state index is 5.52. The van der Waals surface area contributed by atoms with Crippen LogP contribution in [0.5, 0.6) is 5.75 Å². The van der Waals surface area contributed by atoms with Gasteiger partial charge in [0.1, 0.15) is 23.3 Å². The van der Waals surface area contributed by atoms with Crippen LogP contribution in [0, 0.1) is 0 Å². The maximum absolute atomic E-state index is 5.52. The van der Waals surface area contributed by atoms with Gasteiger partial charge >= 0.3 is 0 Å². The Kier molecular flexibility index (Phi) is 7.91. The standard InChI is InChI=1S/C33H32OSi2/c1-34-28-24-22-27(23-25-28)33(36(31-18-10-4-11-19-31)32-20-12-5-13-21-32)26-35(29-14-6-2-7-15-29)30-16-8-3-9-17-30/h2-25,33,35-36H,26H2,1H3. The predicted octanol–water partition coefficient (Wildman–Crippen LogP) is 4.40. The van der Waals surface area contributed by atoms with Crippen molar-refractivity contribution in [3.8, 4) is 5.75 Å². The summed E-state index contributed by atoms with van der Waals surface area (Å²) in [6, 6.07) is 54.9. The van der Waals surface area contributed by atoms with Gasteiger partial charge in [0, 0.05) is 0 Å². The Labute approximate surface area is 218 Å². The molecule has 0 fully saturated rings. The van der Waals surface area contributed by atoms with Gasteiger partial charge in [-0.1, -0.05) is 154 Å². The molecule has 0 saturated heterocycles. The van der Waals surface area contributed by atoms with Crippen molar-refractivity contribution in [2.45, 2.75) is 11.6 Å². The summed E-state index contributed by atoms with van der Waals surface area (Å²) in [6.45, 7) is 0. The smallest absolute Gasteiger partial charge is 0.118 e. The summed E-state index contributed by atoms with van der Waals surface area (Å²) in [7, 11) is -1.38. The summed E-state index contributed by atoms with van der Waals surface area (Å²) >= 11 is 0. The molecule has 0 N–H and O–H groups in total. The predicted molar refractivity (Wildman–Crippen MR) is 159 cm³/mol. The molecule has 0 spiro atoms. The lowest BCUT2D eigenvalue weighted by atomic mass is 10.1. The fourth-order valence-corrected chi connectivity index (χ4v) is 13.6. The van der Waals surface area contributed by atoms with E-state index in [9.17, 15) is 0 Å². The Hall–Kier alpha value is -3.67. The molecule has 1 unspecified atom stereocenters. The average Bonchev–Trinajstić information content (AvgIpc) is 2.97. The first-order valence-corrected chi connectivity index (χ1v) is 16.5. The molecule has 0 saturated carbocycles. The van der Waals surface area contributed by atoms with E-state index in [0.29, 0.717) is 5.54 Å². The highest BCUT2D eigenvalue weighted by molar-refractivity contribution is 6.90. The molecule has 5 aromatic carbocycles. The summed E-state index contributed by atoms with van der Waals surface area (Å²) in [5.74, 6) is 0.912. The summed E-state index contributed by atoms with van der Waals surface area (Å²) in [6.07, 6.45) is 0. The number of ether oxygens (including phenoxy) is 1. The van der Waals surface area contributed by atoms with Gasteiger partial charge in [-0.2, -0.15) is 0 Å². The van der Waals surface area contributed by atoms with E-state index in [4.69, 9.17) is 4.74 Å². The molecule has 0 radical (unpaired) electrons. The molecule has 0 aromatic heterocycles. The molecule has 0 aliphatic rings. The first kappa shape index (κ1) is 24.0. The van der Waals surface area contributed by atoms with E-state index < -0.39 is 17.6 Å². The Balaban J connectivity index is 1.66. The van der Waals surface area contributed by atoms with Gasteiger partial charge in [-0.15, -0.1) is 0 Å². The highest BCUT2D eigenvalue weighted by atomic mass is 28.3. The quantitative estimate of drug-likeness (QED) is 0.273. The van der Waals surface area contributed by atoms with Crippen molar-refractivity contribution < 1.29 is 4.74 Å². The zero-order chi connectivity index (χ0) is 24.6. The van der Waals surface area contributed by atoms with Crippen LogP contribution in [-0.2, 0) is 0 Å². The van der Waals surface area contributed by atoms with Crippen LogP contribution in [0.15, 0.2) is 146 Å². The van der Waals surface area contributed by atoms with Gasteiger partial charge in [0.25, 0.3) is 0 Å². The van der Waals surface area contributed by atoms with Crippen LogP contribution in [0.3, 0.4) is 0 Å². The molecule has 5 rings (SSSR count). The summed E-state index contributed by atoms with van der Waals surface area (Å²) in [4.78, 5) is 0. The van der Waals surface area contributed by atoms with E-state index in [1.807, 2.05) is 0 Å². The van der Waals surface area contributed by atoms with Crippen LogP contribution in [0.4, 0.5) is 0 Å². The number of hydrogen-bond acceptors (Lipinski definition) is 1. The topological polar surface area (TPSA) is 9.23 Å². The third-order valence-corrected chi connectivity index (χ3v) is 14.7. The first-order valence-electron chi connectivity index (χ1n) is 12.7. The van der Waals surface area contributed by atoms with Gasteiger partial charge in [0.15, 0.2) is 0 Å². The Morgan fingerprint density at radius 1 is 0.500 bits per heavy atom. The molecular weight excluding hydrogens is 469 g/mol. The second kappa shape index (κ2) is 11.8. The molecule has 1 nitrogen and oxygen atoms in total. The van der Waals surface area contributed by atoms with E-state index in [0.717, 1.165) is 5.75 Å². The van der Waals surface area contributed by atoms with Crippen LogP contribution < -0.4 is 25.5 Å². The van der Waals surface area contributed by atoms with Gasteiger partial charge in [-0.25, -0.2) is 0 Å². The van der Waals surface area contributed by atoms with Gasteiger partial charge in [-0.05, 0) is 29.3 Å². The lowest BCUT2D eigenvalue weighted by Gasteiger charge is -2.31. The first-order chi connectivity index (χ1) is 17.8. The van der Waals surface area contributed by atoms with Crippen LogP contribution >= 0.6 is 0 Å². The molecular formula is C33H32OSi2. The van der Waals surface area contributed by atoms with Gasteiger partial charge in [0.05, 0.1) is 7.11 Å². The molecule has 5 aromatic rings. The average molecular weight is 501 g/mol. The fourth-order valence-electron chi connectivity index (χ4n) is 5.38. The molecule has 0 aliphatic carbocycles. The number of hydrogen-bond donors (Lipinski definition) is 0. The molecule has 0 bridgehead atoms. The SMILES string of the molecule is COc1ccc(C(C[SiH](c2ccccc2)c2ccccc2)[SiH](c2ccccc2)c2ccccc2)cc1. The van der Waals surface area contributed by atoms with Gasteiger partial charge in [-0.3, -0.25) is 0 Å². The summed E-state index contributed by atoms with van der Waals surface area (Å²) in [5.41, 5.74) is 1.88. The second-order valence-electron chi connectivity index (χ2n) is 9.29. The van der Waals surface area contributed by atoms with Gasteiger partial charge in [0.2, 0.25) is 0 Å². The van der Waals surface area contributed by atoms with Crippen molar-refractivity contribution in [3.05, 3.63) is 151 Å². The van der Waals surface area contributed by atoms with Crippen molar-refractivity contribution in [1.82, 2.24) is 0 Å². The van der Waals surface area contributed by atoms with Crippen molar-refractivity contribution in [2.24, 2.45) is 0 Å². The van der Waals surface area contributed by atoms with Gasteiger partial charge < -0.3 is 4.74 Å². The molecule has 0 aliphatic heterocycles. The van der Waals surface area contributed by atoms with E-state index in [-0.39, 0.29) is 0 Å². The third-order valence-electron chi connectivity index (χ3n) is 7.16. The van der Waals surface area contributed by atoms with Crippen LogP contribution in [-0.4, -0.2) is 24.7 Å². The number of benzene rings is 5. The number of methoxy groups -OCH3 is 1. The Bertz CT molecular complexity index is 1250. The minimum atomic E-state index is -1.63. The Morgan fingerprint density at radius 2 is 0.889 bits per heavy atom. The van der Waals surface area contributed by atoms with E-state index >= 15 is 0 Å². The molecule has 0 amide bonds.